The SMILES string of the molecule is O=C(Cc1ccc(F)cc1)N1CCCCO1. The third kappa shape index (κ3) is 2.79. The molecular formula is C12H14FNO2. The molecule has 0 aliphatic carbocycles. The first-order valence-electron chi connectivity index (χ1n) is 5.43. The molecule has 4 heteroatoms. The Hall–Kier alpha value is -1.42. The van der Waals surface area contributed by atoms with Gasteiger partial charge in [-0.25, -0.2) is 9.45 Å². The second kappa shape index (κ2) is 5.07. The van der Waals surface area contributed by atoms with Gasteiger partial charge in [0, 0.05) is 6.54 Å². The zero-order valence-corrected chi connectivity index (χ0v) is 8.99. The monoisotopic (exact) mass is 223 g/mol. The van der Waals surface area contributed by atoms with E-state index in [0.29, 0.717) is 13.2 Å². The van der Waals surface area contributed by atoms with Gasteiger partial charge in [-0.1, -0.05) is 12.1 Å². The van der Waals surface area contributed by atoms with Gasteiger partial charge < -0.3 is 0 Å². The van der Waals surface area contributed by atoms with Crippen molar-refractivity contribution in [2.75, 3.05) is 13.2 Å². The number of hydroxylamine groups is 2. The van der Waals surface area contributed by atoms with Crippen LogP contribution < -0.4 is 0 Å². The smallest absolute Gasteiger partial charge is 0.250 e. The molecule has 86 valence electrons. The molecule has 0 N–H and O–H groups in total. The van der Waals surface area contributed by atoms with Crippen molar-refractivity contribution in [2.24, 2.45) is 0 Å². The maximum atomic E-state index is 12.7. The minimum absolute atomic E-state index is 0.0636. The van der Waals surface area contributed by atoms with Crippen LogP contribution in [0.3, 0.4) is 0 Å². The number of hydrogen-bond acceptors (Lipinski definition) is 2. The molecule has 1 fully saturated rings. The number of amides is 1. The van der Waals surface area contributed by atoms with Crippen molar-refractivity contribution in [3.05, 3.63) is 35.6 Å². The maximum absolute atomic E-state index is 12.7. The topological polar surface area (TPSA) is 29.5 Å². The second-order valence-electron chi connectivity index (χ2n) is 3.84. The lowest BCUT2D eigenvalue weighted by atomic mass is 10.1. The van der Waals surface area contributed by atoms with E-state index in [2.05, 4.69) is 0 Å². The lowest BCUT2D eigenvalue weighted by Gasteiger charge is -2.25. The average molecular weight is 223 g/mol. The normalized spacial score (nSPS) is 16.2. The molecule has 16 heavy (non-hydrogen) atoms. The van der Waals surface area contributed by atoms with Crippen LogP contribution in [0.5, 0.6) is 0 Å². The van der Waals surface area contributed by atoms with Crippen LogP contribution in [-0.4, -0.2) is 24.1 Å². The summed E-state index contributed by atoms with van der Waals surface area (Å²) in [6, 6.07) is 5.97. The second-order valence-corrected chi connectivity index (χ2v) is 3.84. The third-order valence-corrected chi connectivity index (χ3v) is 2.55. The maximum Gasteiger partial charge on any atom is 0.250 e. The highest BCUT2D eigenvalue weighted by Gasteiger charge is 2.17. The van der Waals surface area contributed by atoms with Crippen molar-refractivity contribution in [1.82, 2.24) is 5.06 Å². The van der Waals surface area contributed by atoms with Crippen molar-refractivity contribution in [1.29, 1.82) is 0 Å². The van der Waals surface area contributed by atoms with Gasteiger partial charge in [0.15, 0.2) is 0 Å². The Balaban J connectivity index is 1.93. The molecule has 0 bridgehead atoms. The van der Waals surface area contributed by atoms with Crippen LogP contribution >= 0.6 is 0 Å². The van der Waals surface area contributed by atoms with Gasteiger partial charge in [0.2, 0.25) is 0 Å². The fourth-order valence-corrected chi connectivity index (χ4v) is 1.66. The van der Waals surface area contributed by atoms with E-state index in [1.165, 1.54) is 17.2 Å². The molecule has 1 heterocycles. The van der Waals surface area contributed by atoms with Crippen molar-refractivity contribution < 1.29 is 14.0 Å². The van der Waals surface area contributed by atoms with E-state index in [-0.39, 0.29) is 18.1 Å². The first kappa shape index (κ1) is 11.1. The van der Waals surface area contributed by atoms with Crippen LogP contribution in [-0.2, 0) is 16.1 Å². The van der Waals surface area contributed by atoms with E-state index in [9.17, 15) is 9.18 Å². The molecule has 3 nitrogen and oxygen atoms in total. The summed E-state index contributed by atoms with van der Waals surface area (Å²) in [4.78, 5) is 17.0. The molecule has 0 radical (unpaired) electrons. The molecule has 1 amide bonds. The van der Waals surface area contributed by atoms with Gasteiger partial charge >= 0.3 is 0 Å². The van der Waals surface area contributed by atoms with E-state index in [1.54, 1.807) is 12.1 Å². The van der Waals surface area contributed by atoms with E-state index in [4.69, 9.17) is 4.84 Å². The van der Waals surface area contributed by atoms with E-state index >= 15 is 0 Å². The molecular weight excluding hydrogens is 209 g/mol. The number of hydrogen-bond donors (Lipinski definition) is 0. The van der Waals surface area contributed by atoms with Gasteiger partial charge in [0.1, 0.15) is 5.82 Å². The van der Waals surface area contributed by atoms with Crippen molar-refractivity contribution >= 4 is 5.91 Å². The number of rotatable bonds is 2. The van der Waals surface area contributed by atoms with Gasteiger partial charge in [0.25, 0.3) is 5.91 Å². The van der Waals surface area contributed by atoms with Crippen LogP contribution in [0, 0.1) is 5.82 Å². The van der Waals surface area contributed by atoms with Crippen molar-refractivity contribution in [3.63, 3.8) is 0 Å². The van der Waals surface area contributed by atoms with Crippen LogP contribution in [0.2, 0.25) is 0 Å². The number of halogens is 1. The standard InChI is InChI=1S/C12H14FNO2/c13-11-5-3-10(4-6-11)9-12(15)14-7-1-2-8-16-14/h3-6H,1-2,7-9H2. The van der Waals surface area contributed by atoms with Gasteiger partial charge in [-0.2, -0.15) is 0 Å². The largest absolute Gasteiger partial charge is 0.272 e. The summed E-state index contributed by atoms with van der Waals surface area (Å²) < 4.78 is 12.7. The summed E-state index contributed by atoms with van der Waals surface area (Å²) in [6.45, 7) is 1.26. The zero-order chi connectivity index (χ0) is 11.4. The molecule has 2 rings (SSSR count). The Morgan fingerprint density at radius 3 is 2.69 bits per heavy atom. The van der Waals surface area contributed by atoms with Gasteiger partial charge in [0.05, 0.1) is 13.0 Å². The Morgan fingerprint density at radius 2 is 2.06 bits per heavy atom. The summed E-state index contributed by atoms with van der Waals surface area (Å²) >= 11 is 0. The molecule has 1 saturated heterocycles. The van der Waals surface area contributed by atoms with Crippen molar-refractivity contribution in [3.8, 4) is 0 Å². The molecule has 1 aromatic carbocycles. The van der Waals surface area contributed by atoms with Gasteiger partial charge in [-0.15, -0.1) is 0 Å². The number of nitrogens with zero attached hydrogens (tertiary/aromatic N) is 1. The van der Waals surface area contributed by atoms with E-state index in [1.807, 2.05) is 0 Å². The van der Waals surface area contributed by atoms with Gasteiger partial charge in [-0.05, 0) is 30.5 Å². The van der Waals surface area contributed by atoms with Crippen LogP contribution in [0.1, 0.15) is 18.4 Å². The van der Waals surface area contributed by atoms with Gasteiger partial charge in [-0.3, -0.25) is 9.63 Å². The fourth-order valence-electron chi connectivity index (χ4n) is 1.66. The summed E-state index contributed by atoms with van der Waals surface area (Å²) in [6.07, 6.45) is 2.25. The molecule has 0 spiro atoms. The Morgan fingerprint density at radius 1 is 1.31 bits per heavy atom. The average Bonchev–Trinajstić information content (AvgIpc) is 2.33. The lowest BCUT2D eigenvalue weighted by molar-refractivity contribution is -0.196. The summed E-state index contributed by atoms with van der Waals surface area (Å²) in [5.74, 6) is -0.350. The molecule has 1 aromatic rings. The quantitative estimate of drug-likeness (QED) is 0.766. The van der Waals surface area contributed by atoms with Crippen LogP contribution in [0.4, 0.5) is 4.39 Å². The Bertz CT molecular complexity index is 358. The molecule has 0 unspecified atom stereocenters. The van der Waals surface area contributed by atoms with Crippen molar-refractivity contribution in [2.45, 2.75) is 19.3 Å². The first-order chi connectivity index (χ1) is 7.75. The summed E-state index contributed by atoms with van der Waals surface area (Å²) in [5, 5.41) is 1.41. The molecule has 0 saturated carbocycles. The predicted molar refractivity (Wildman–Crippen MR) is 57.0 cm³/mol. The molecule has 0 atom stereocenters. The number of carbonyl (C=O) groups is 1. The fraction of sp³-hybridized carbons (Fsp3) is 0.417. The predicted octanol–water partition coefficient (Wildman–Crippen LogP) is 1.92. The van der Waals surface area contributed by atoms with E-state index < -0.39 is 0 Å². The van der Waals surface area contributed by atoms with E-state index in [0.717, 1.165) is 18.4 Å². The highest BCUT2D eigenvalue weighted by Crippen LogP contribution is 2.10. The number of carbonyl (C=O) groups excluding carboxylic acids is 1. The Labute approximate surface area is 93.8 Å². The molecule has 1 aliphatic heterocycles. The minimum atomic E-state index is -0.287. The summed E-state index contributed by atoms with van der Waals surface area (Å²) in [7, 11) is 0. The molecule has 1 aliphatic rings. The summed E-state index contributed by atoms with van der Waals surface area (Å²) in [5.41, 5.74) is 0.806. The third-order valence-electron chi connectivity index (χ3n) is 2.55. The lowest BCUT2D eigenvalue weighted by Crippen LogP contribution is -2.36. The number of benzene rings is 1. The highest BCUT2D eigenvalue weighted by molar-refractivity contribution is 5.77. The minimum Gasteiger partial charge on any atom is -0.272 e. The van der Waals surface area contributed by atoms with Crippen LogP contribution in [0.15, 0.2) is 24.3 Å². The Kier molecular flexibility index (Phi) is 3.51. The highest BCUT2D eigenvalue weighted by atomic mass is 19.1. The van der Waals surface area contributed by atoms with Crippen LogP contribution in [0.25, 0.3) is 0 Å². The molecule has 0 aromatic heterocycles. The zero-order valence-electron chi connectivity index (χ0n) is 8.99. The first-order valence-corrected chi connectivity index (χ1v) is 5.43.